The Morgan fingerprint density at radius 2 is 0.769 bits per heavy atom. The van der Waals surface area contributed by atoms with Crippen molar-refractivity contribution in [2.75, 3.05) is 9.80 Å². The average molecular weight is 701 g/mol. The van der Waals surface area contributed by atoms with E-state index in [0.717, 1.165) is 28.4 Å². The number of nitrogens with zero attached hydrogens (tertiary/aromatic N) is 2. The summed E-state index contributed by atoms with van der Waals surface area (Å²) in [6.45, 7) is 0. The molecule has 2 aromatic heterocycles. The molecule has 246 valence electrons. The number of hydrogen-bond donors (Lipinski definition) is 0. The molecule has 0 saturated heterocycles. The molecule has 10 aromatic rings. The summed E-state index contributed by atoms with van der Waals surface area (Å²) < 4.78 is 5.14. The molecule has 0 saturated carbocycles. The highest BCUT2D eigenvalue weighted by Gasteiger charge is 2.20. The molecule has 0 bridgehead atoms. The van der Waals surface area contributed by atoms with Gasteiger partial charge in [0, 0.05) is 64.1 Å². The Morgan fingerprint density at radius 1 is 0.288 bits per heavy atom. The van der Waals surface area contributed by atoms with Crippen molar-refractivity contribution in [3.63, 3.8) is 0 Å². The molecule has 0 amide bonds. The van der Waals surface area contributed by atoms with Crippen LogP contribution in [-0.2, 0) is 0 Å². The second-order valence-electron chi connectivity index (χ2n) is 13.0. The summed E-state index contributed by atoms with van der Waals surface area (Å²) in [5, 5.41) is 5.16. The van der Waals surface area contributed by atoms with Crippen molar-refractivity contribution in [2.45, 2.75) is 0 Å². The molecule has 8 aromatic carbocycles. The summed E-state index contributed by atoms with van der Waals surface area (Å²) >= 11 is 3.73. The molecule has 0 N–H and O–H groups in total. The Balaban J connectivity index is 1.11. The van der Waals surface area contributed by atoms with Crippen LogP contribution in [0.3, 0.4) is 0 Å². The number of thiophene rings is 2. The van der Waals surface area contributed by atoms with Gasteiger partial charge >= 0.3 is 0 Å². The van der Waals surface area contributed by atoms with E-state index in [4.69, 9.17) is 0 Å². The normalized spacial score (nSPS) is 11.5. The van der Waals surface area contributed by atoms with Gasteiger partial charge in [-0.1, -0.05) is 121 Å². The van der Waals surface area contributed by atoms with Gasteiger partial charge in [0.25, 0.3) is 0 Å². The minimum Gasteiger partial charge on any atom is -0.310 e. The highest BCUT2D eigenvalue weighted by Crippen LogP contribution is 2.47. The van der Waals surface area contributed by atoms with Crippen molar-refractivity contribution < 1.29 is 0 Å². The molecule has 0 aliphatic heterocycles. The zero-order valence-electron chi connectivity index (χ0n) is 28.2. The maximum atomic E-state index is 2.39. The van der Waals surface area contributed by atoms with E-state index in [9.17, 15) is 0 Å². The minimum atomic E-state index is 1.13. The monoisotopic (exact) mass is 700 g/mol. The third-order valence-corrected chi connectivity index (χ3v) is 12.2. The fourth-order valence-electron chi connectivity index (χ4n) is 7.40. The van der Waals surface area contributed by atoms with Gasteiger partial charge < -0.3 is 9.80 Å². The van der Waals surface area contributed by atoms with Crippen LogP contribution in [0.2, 0.25) is 0 Å². The summed E-state index contributed by atoms with van der Waals surface area (Å²) in [5.41, 5.74) is 9.29. The molecule has 0 unspecified atom stereocenters. The number of fused-ring (bicyclic) bond motifs is 6. The van der Waals surface area contributed by atoms with Crippen molar-refractivity contribution in [2.24, 2.45) is 0 Å². The average Bonchev–Trinajstić information content (AvgIpc) is 3.78. The molecular weight excluding hydrogens is 669 g/mol. The highest BCUT2D eigenvalue weighted by molar-refractivity contribution is 7.26. The van der Waals surface area contributed by atoms with Crippen molar-refractivity contribution in [1.82, 2.24) is 0 Å². The van der Waals surface area contributed by atoms with Crippen LogP contribution in [0.5, 0.6) is 0 Å². The van der Waals surface area contributed by atoms with Crippen molar-refractivity contribution in [3.8, 4) is 11.1 Å². The molecule has 0 fully saturated rings. The fourth-order valence-corrected chi connectivity index (χ4v) is 9.78. The number of anilines is 6. The summed E-state index contributed by atoms with van der Waals surface area (Å²) in [4.78, 5) is 4.78. The van der Waals surface area contributed by atoms with Crippen molar-refractivity contribution in [1.29, 1.82) is 0 Å². The van der Waals surface area contributed by atoms with Gasteiger partial charge in [-0.3, -0.25) is 0 Å². The summed E-state index contributed by atoms with van der Waals surface area (Å²) in [5.74, 6) is 0. The van der Waals surface area contributed by atoms with E-state index in [1.807, 2.05) is 22.7 Å². The van der Waals surface area contributed by atoms with Crippen LogP contribution >= 0.6 is 22.7 Å². The fraction of sp³-hybridized carbons (Fsp3) is 0. The van der Waals surface area contributed by atoms with Gasteiger partial charge in [-0.25, -0.2) is 0 Å². The van der Waals surface area contributed by atoms with E-state index in [2.05, 4.69) is 204 Å². The molecule has 0 radical (unpaired) electrons. The first-order valence-electron chi connectivity index (χ1n) is 17.5. The maximum absolute atomic E-state index is 2.39. The van der Waals surface area contributed by atoms with Crippen LogP contribution in [-0.4, -0.2) is 0 Å². The van der Waals surface area contributed by atoms with E-state index in [0.29, 0.717) is 0 Å². The SMILES string of the molecule is c1ccc(-c2ccc(N(c3ccccc3)c3cccc4c3sc3cc(N(c5ccccc5)c5ccc6c(c5)sc5ccccc56)ccc34)cc2)cc1. The lowest BCUT2D eigenvalue weighted by molar-refractivity contribution is 1.30. The van der Waals surface area contributed by atoms with Crippen molar-refractivity contribution in [3.05, 3.63) is 194 Å². The van der Waals surface area contributed by atoms with Gasteiger partial charge in [0.1, 0.15) is 0 Å². The first-order valence-corrected chi connectivity index (χ1v) is 19.1. The summed E-state index contributed by atoms with van der Waals surface area (Å²) in [7, 11) is 0. The Hall–Kier alpha value is -6.20. The second-order valence-corrected chi connectivity index (χ2v) is 15.1. The van der Waals surface area contributed by atoms with E-state index >= 15 is 0 Å². The third-order valence-electron chi connectivity index (χ3n) is 9.84. The predicted octanol–water partition coefficient (Wildman–Crippen LogP) is 15.0. The number of hydrogen-bond acceptors (Lipinski definition) is 4. The van der Waals surface area contributed by atoms with Gasteiger partial charge in [0.15, 0.2) is 0 Å². The Labute approximate surface area is 310 Å². The van der Waals surface area contributed by atoms with Crippen LogP contribution < -0.4 is 9.80 Å². The van der Waals surface area contributed by atoms with Gasteiger partial charge in [0.05, 0.1) is 10.4 Å². The van der Waals surface area contributed by atoms with E-state index in [-0.39, 0.29) is 0 Å². The topological polar surface area (TPSA) is 6.48 Å². The number of rotatable bonds is 7. The highest BCUT2D eigenvalue weighted by atomic mass is 32.1. The van der Waals surface area contributed by atoms with E-state index < -0.39 is 0 Å². The molecular formula is C48H32N2S2. The Kier molecular flexibility index (Phi) is 7.56. The molecule has 0 spiro atoms. The predicted molar refractivity (Wildman–Crippen MR) is 227 cm³/mol. The van der Waals surface area contributed by atoms with Crippen LogP contribution in [0.15, 0.2) is 194 Å². The molecule has 2 heterocycles. The number of para-hydroxylation sites is 2. The van der Waals surface area contributed by atoms with Crippen LogP contribution in [0.1, 0.15) is 0 Å². The summed E-state index contributed by atoms with van der Waals surface area (Å²) in [6, 6.07) is 70.2. The Bertz CT molecular complexity index is 2840. The standard InChI is InChI=1S/C48H32N2S2/c1-4-13-33(14-5-1)34-23-25-37(26-24-34)50(36-17-8-3-9-18-36)44-21-12-20-43-42-30-28-39(32-47(42)52-48(43)44)49(35-15-6-2-7-16-35)38-27-29-41-40-19-10-11-22-45(40)51-46(41)31-38/h1-32H. The first-order chi connectivity index (χ1) is 25.8. The number of benzene rings is 8. The zero-order chi connectivity index (χ0) is 34.4. The molecule has 10 rings (SSSR count). The zero-order valence-corrected chi connectivity index (χ0v) is 29.8. The van der Waals surface area contributed by atoms with Gasteiger partial charge in [0.2, 0.25) is 0 Å². The minimum absolute atomic E-state index is 1.13. The maximum Gasteiger partial charge on any atom is 0.0640 e. The van der Waals surface area contributed by atoms with Gasteiger partial charge in [-0.05, 0) is 83.9 Å². The van der Waals surface area contributed by atoms with Crippen LogP contribution in [0, 0.1) is 0 Å². The third kappa shape index (κ3) is 5.32. The van der Waals surface area contributed by atoms with Gasteiger partial charge in [-0.15, -0.1) is 22.7 Å². The van der Waals surface area contributed by atoms with Gasteiger partial charge in [-0.2, -0.15) is 0 Å². The van der Waals surface area contributed by atoms with E-state index in [1.54, 1.807) is 0 Å². The first kappa shape index (κ1) is 30.6. The molecule has 0 atom stereocenters. The summed E-state index contributed by atoms with van der Waals surface area (Å²) in [6.07, 6.45) is 0. The molecule has 2 nitrogen and oxygen atoms in total. The smallest absolute Gasteiger partial charge is 0.0640 e. The Morgan fingerprint density at radius 3 is 1.46 bits per heavy atom. The molecule has 4 heteroatoms. The van der Waals surface area contributed by atoms with Crippen LogP contribution in [0.4, 0.5) is 34.1 Å². The lowest BCUT2D eigenvalue weighted by Crippen LogP contribution is -2.09. The molecule has 52 heavy (non-hydrogen) atoms. The van der Waals surface area contributed by atoms with Crippen molar-refractivity contribution >= 4 is 97.1 Å². The van der Waals surface area contributed by atoms with Crippen LogP contribution in [0.25, 0.3) is 51.5 Å². The molecule has 0 aliphatic rings. The quantitative estimate of drug-likeness (QED) is 0.163. The van der Waals surface area contributed by atoms with E-state index in [1.165, 1.54) is 57.2 Å². The lowest BCUT2D eigenvalue weighted by atomic mass is 10.0. The largest absolute Gasteiger partial charge is 0.310 e. The lowest BCUT2D eigenvalue weighted by Gasteiger charge is -2.26. The molecule has 0 aliphatic carbocycles. The second kappa shape index (κ2) is 12.8.